The number of imidazole rings is 1. The molecule has 0 aliphatic heterocycles. The van der Waals surface area contributed by atoms with Gasteiger partial charge in [0.05, 0.1) is 26.4 Å². The maximum absolute atomic E-state index is 12.4. The highest BCUT2D eigenvalue weighted by molar-refractivity contribution is 4.92. The second-order valence-corrected chi connectivity index (χ2v) is 3.04. The lowest BCUT2D eigenvalue weighted by Crippen LogP contribution is -2.22. The first-order valence-corrected chi connectivity index (χ1v) is 4.95. The first-order valence-electron chi connectivity index (χ1n) is 4.95. The van der Waals surface area contributed by atoms with Crippen molar-refractivity contribution in [2.45, 2.75) is 13.1 Å². The maximum Gasteiger partial charge on any atom is 0.319 e. The highest BCUT2D eigenvalue weighted by Crippen LogP contribution is 2.11. The number of nitrogens with one attached hydrogen (secondary N) is 1. The number of alkyl halides is 2. The summed E-state index contributed by atoms with van der Waals surface area (Å²) in [5, 5.41) is 11.3. The van der Waals surface area contributed by atoms with Crippen molar-refractivity contribution in [1.29, 1.82) is 0 Å². The molecule has 92 valence electrons. The Morgan fingerprint density at radius 2 is 2.31 bits per heavy atom. The monoisotopic (exact) mass is 235 g/mol. The number of aromatic nitrogens is 2. The van der Waals surface area contributed by atoms with Crippen LogP contribution < -0.4 is 5.32 Å². The maximum atomic E-state index is 12.4. The Kier molecular flexibility index (Phi) is 5.91. The lowest BCUT2D eigenvalue weighted by atomic mass is 10.5. The minimum atomic E-state index is -2.56. The summed E-state index contributed by atoms with van der Waals surface area (Å²) < 4.78 is 30.6. The van der Waals surface area contributed by atoms with E-state index in [9.17, 15) is 8.78 Å². The van der Waals surface area contributed by atoms with E-state index in [4.69, 9.17) is 9.84 Å². The van der Waals surface area contributed by atoms with Crippen LogP contribution in [0, 0.1) is 0 Å². The van der Waals surface area contributed by atoms with Crippen LogP contribution in [-0.2, 0) is 11.3 Å². The molecule has 1 aromatic heterocycles. The number of hydrogen-bond acceptors (Lipinski definition) is 4. The number of nitrogens with zero attached hydrogens (tertiary/aromatic N) is 2. The van der Waals surface area contributed by atoms with Crippen molar-refractivity contribution in [3.8, 4) is 0 Å². The van der Waals surface area contributed by atoms with Crippen molar-refractivity contribution < 1.29 is 18.6 Å². The van der Waals surface area contributed by atoms with Gasteiger partial charge in [0, 0.05) is 18.9 Å². The van der Waals surface area contributed by atoms with Gasteiger partial charge in [-0.25, -0.2) is 4.98 Å². The van der Waals surface area contributed by atoms with E-state index in [1.807, 2.05) is 0 Å². The van der Waals surface area contributed by atoms with E-state index in [1.165, 1.54) is 12.4 Å². The number of hydrogen-bond donors (Lipinski definition) is 2. The molecule has 0 aliphatic carbocycles. The highest BCUT2D eigenvalue weighted by Gasteiger charge is 2.10. The van der Waals surface area contributed by atoms with E-state index in [0.29, 0.717) is 13.2 Å². The van der Waals surface area contributed by atoms with Gasteiger partial charge < -0.3 is 15.2 Å². The Morgan fingerprint density at radius 3 is 3.00 bits per heavy atom. The van der Waals surface area contributed by atoms with E-state index in [-0.39, 0.29) is 25.6 Å². The summed E-state index contributed by atoms with van der Waals surface area (Å²) in [6.07, 6.45) is 2.58. The van der Waals surface area contributed by atoms with Crippen LogP contribution in [0.3, 0.4) is 0 Å². The lowest BCUT2D eigenvalue weighted by molar-refractivity contribution is 0.0661. The van der Waals surface area contributed by atoms with E-state index < -0.39 is 6.55 Å². The zero-order chi connectivity index (χ0) is 11.8. The largest absolute Gasteiger partial charge is 0.394 e. The zero-order valence-electron chi connectivity index (χ0n) is 8.77. The number of rotatable bonds is 8. The molecule has 0 fully saturated rings. The Hall–Kier alpha value is -1.05. The zero-order valence-corrected chi connectivity index (χ0v) is 8.77. The molecule has 0 aliphatic rings. The first-order chi connectivity index (χ1) is 7.75. The molecule has 0 aromatic carbocycles. The van der Waals surface area contributed by atoms with Crippen molar-refractivity contribution in [1.82, 2.24) is 14.9 Å². The van der Waals surface area contributed by atoms with Gasteiger partial charge in [-0.15, -0.1) is 0 Å². The Labute approximate surface area is 92.0 Å². The third kappa shape index (κ3) is 4.21. The number of halogens is 2. The average molecular weight is 235 g/mol. The van der Waals surface area contributed by atoms with E-state index >= 15 is 0 Å². The van der Waals surface area contributed by atoms with Crippen LogP contribution in [0.5, 0.6) is 0 Å². The van der Waals surface area contributed by atoms with Crippen LogP contribution in [0.2, 0.25) is 0 Å². The van der Waals surface area contributed by atoms with Gasteiger partial charge in [-0.2, -0.15) is 8.78 Å². The summed E-state index contributed by atoms with van der Waals surface area (Å²) in [7, 11) is 0. The molecule has 7 heteroatoms. The fraction of sp³-hybridized carbons (Fsp3) is 0.667. The Balaban J connectivity index is 2.19. The predicted octanol–water partition coefficient (Wildman–Crippen LogP) is 0.377. The first kappa shape index (κ1) is 13.0. The molecule has 5 nitrogen and oxygen atoms in total. The molecular weight excluding hydrogens is 220 g/mol. The van der Waals surface area contributed by atoms with Gasteiger partial charge in [0.25, 0.3) is 0 Å². The van der Waals surface area contributed by atoms with Gasteiger partial charge >= 0.3 is 6.55 Å². The normalized spacial score (nSPS) is 11.2. The van der Waals surface area contributed by atoms with Crippen LogP contribution >= 0.6 is 0 Å². The number of ether oxygens (including phenoxy) is 1. The molecule has 0 radical (unpaired) electrons. The fourth-order valence-electron chi connectivity index (χ4n) is 1.17. The predicted molar refractivity (Wildman–Crippen MR) is 53.1 cm³/mol. The van der Waals surface area contributed by atoms with Crippen LogP contribution in [0.1, 0.15) is 12.4 Å². The van der Waals surface area contributed by atoms with Crippen LogP contribution in [-0.4, -0.2) is 41.0 Å². The summed E-state index contributed by atoms with van der Waals surface area (Å²) in [6, 6.07) is 0. The second kappa shape index (κ2) is 7.26. The van der Waals surface area contributed by atoms with Crippen molar-refractivity contribution in [3.63, 3.8) is 0 Å². The Bertz CT molecular complexity index is 294. The molecule has 1 heterocycles. The van der Waals surface area contributed by atoms with E-state index in [1.54, 1.807) is 0 Å². The fourth-order valence-corrected chi connectivity index (χ4v) is 1.17. The van der Waals surface area contributed by atoms with Crippen molar-refractivity contribution in [3.05, 3.63) is 18.2 Å². The Morgan fingerprint density at radius 1 is 1.50 bits per heavy atom. The third-order valence-corrected chi connectivity index (χ3v) is 1.90. The van der Waals surface area contributed by atoms with Crippen molar-refractivity contribution in [2.24, 2.45) is 0 Å². The summed E-state index contributed by atoms with van der Waals surface area (Å²) >= 11 is 0. The number of aliphatic hydroxyl groups excluding tert-OH is 1. The molecule has 0 spiro atoms. The molecule has 0 saturated heterocycles. The van der Waals surface area contributed by atoms with Crippen molar-refractivity contribution >= 4 is 0 Å². The van der Waals surface area contributed by atoms with Gasteiger partial charge in [-0.05, 0) is 0 Å². The van der Waals surface area contributed by atoms with E-state index in [0.717, 1.165) is 4.57 Å². The van der Waals surface area contributed by atoms with Gasteiger partial charge in [0.15, 0.2) is 0 Å². The minimum Gasteiger partial charge on any atom is -0.394 e. The molecule has 16 heavy (non-hydrogen) atoms. The van der Waals surface area contributed by atoms with Crippen LogP contribution in [0.15, 0.2) is 12.4 Å². The average Bonchev–Trinajstić information content (AvgIpc) is 2.71. The van der Waals surface area contributed by atoms with Gasteiger partial charge in [-0.3, -0.25) is 4.57 Å². The lowest BCUT2D eigenvalue weighted by Gasteiger charge is -2.07. The molecule has 1 aromatic rings. The molecule has 0 atom stereocenters. The standard InChI is InChI=1S/C9H15F2N3O2/c10-9(11)14-3-1-13-8(14)7-12-2-5-16-6-4-15/h1,3,9,12,15H,2,4-7H2. The molecular formula is C9H15F2N3O2. The summed E-state index contributed by atoms with van der Waals surface area (Å²) in [4.78, 5) is 3.81. The quantitative estimate of drug-likeness (QED) is 0.639. The van der Waals surface area contributed by atoms with Crippen LogP contribution in [0.4, 0.5) is 8.78 Å². The summed E-state index contributed by atoms with van der Waals surface area (Å²) in [5.74, 6) is 0.289. The minimum absolute atomic E-state index is 0.0181. The summed E-state index contributed by atoms with van der Waals surface area (Å²) in [6.45, 7) is -1.08. The molecule has 1 rings (SSSR count). The molecule has 2 N–H and O–H groups in total. The molecule has 0 unspecified atom stereocenters. The summed E-state index contributed by atoms with van der Waals surface area (Å²) in [5.41, 5.74) is 0. The molecule has 0 bridgehead atoms. The van der Waals surface area contributed by atoms with Gasteiger partial charge in [0.1, 0.15) is 5.82 Å². The van der Waals surface area contributed by atoms with Crippen LogP contribution in [0.25, 0.3) is 0 Å². The highest BCUT2D eigenvalue weighted by atomic mass is 19.3. The second-order valence-electron chi connectivity index (χ2n) is 3.04. The van der Waals surface area contributed by atoms with E-state index in [2.05, 4.69) is 10.3 Å². The molecule has 0 amide bonds. The molecule has 0 saturated carbocycles. The SMILES string of the molecule is OCCOCCNCc1nccn1C(F)F. The van der Waals surface area contributed by atoms with Gasteiger partial charge in [-0.1, -0.05) is 0 Å². The van der Waals surface area contributed by atoms with Gasteiger partial charge in [0.2, 0.25) is 0 Å². The third-order valence-electron chi connectivity index (χ3n) is 1.90. The number of aliphatic hydroxyl groups is 1. The smallest absolute Gasteiger partial charge is 0.319 e. The topological polar surface area (TPSA) is 59.3 Å². The van der Waals surface area contributed by atoms with Crippen molar-refractivity contribution in [2.75, 3.05) is 26.4 Å².